The van der Waals surface area contributed by atoms with Gasteiger partial charge in [0.1, 0.15) is 0 Å². The summed E-state index contributed by atoms with van der Waals surface area (Å²) in [5.74, 6) is 2.11. The highest BCUT2D eigenvalue weighted by molar-refractivity contribution is 4.95. The minimum Gasteiger partial charge on any atom is -0.302 e. The lowest BCUT2D eigenvalue weighted by Crippen LogP contribution is -2.38. The fourth-order valence-electron chi connectivity index (χ4n) is 3.12. The minimum atomic E-state index is 0.279. The molecule has 16 heavy (non-hydrogen) atoms. The Bertz CT molecular complexity index is 268. The van der Waals surface area contributed by atoms with Gasteiger partial charge < -0.3 is 4.90 Å². The van der Waals surface area contributed by atoms with Crippen LogP contribution in [0.1, 0.15) is 45.4 Å². The molecule has 0 bridgehead atoms. The number of nitriles is 1. The van der Waals surface area contributed by atoms with Crippen LogP contribution in [0.3, 0.4) is 0 Å². The van der Waals surface area contributed by atoms with Gasteiger partial charge in [0, 0.05) is 12.6 Å². The van der Waals surface area contributed by atoms with Gasteiger partial charge in [0.05, 0.1) is 12.0 Å². The fraction of sp³-hybridized carbons (Fsp3) is 0.929. The molecule has 0 amide bonds. The van der Waals surface area contributed by atoms with Crippen molar-refractivity contribution in [3.8, 4) is 6.07 Å². The predicted molar refractivity (Wildman–Crippen MR) is 65.9 cm³/mol. The van der Waals surface area contributed by atoms with E-state index in [9.17, 15) is 5.26 Å². The van der Waals surface area contributed by atoms with Crippen molar-refractivity contribution in [2.24, 2.45) is 17.8 Å². The van der Waals surface area contributed by atoms with Crippen molar-refractivity contribution in [2.45, 2.75) is 51.5 Å². The summed E-state index contributed by atoms with van der Waals surface area (Å²) in [6.07, 6.45) is 7.63. The van der Waals surface area contributed by atoms with Gasteiger partial charge in [-0.25, -0.2) is 0 Å². The van der Waals surface area contributed by atoms with Crippen LogP contribution in [0.4, 0.5) is 0 Å². The molecular formula is C14H24N2. The van der Waals surface area contributed by atoms with Crippen molar-refractivity contribution in [3.63, 3.8) is 0 Å². The summed E-state index contributed by atoms with van der Waals surface area (Å²) in [6.45, 7) is 3.55. The maximum absolute atomic E-state index is 9.26. The van der Waals surface area contributed by atoms with E-state index in [-0.39, 0.29) is 5.92 Å². The van der Waals surface area contributed by atoms with Crippen LogP contribution < -0.4 is 0 Å². The van der Waals surface area contributed by atoms with Gasteiger partial charge in [0.25, 0.3) is 0 Å². The van der Waals surface area contributed by atoms with Crippen LogP contribution in [0.15, 0.2) is 0 Å². The molecule has 0 saturated heterocycles. The minimum absolute atomic E-state index is 0.279. The van der Waals surface area contributed by atoms with E-state index >= 15 is 0 Å². The zero-order valence-electron chi connectivity index (χ0n) is 10.7. The summed E-state index contributed by atoms with van der Waals surface area (Å²) in [5.41, 5.74) is 0. The number of nitrogens with zero attached hydrogens (tertiary/aromatic N) is 2. The van der Waals surface area contributed by atoms with Crippen molar-refractivity contribution in [1.29, 1.82) is 5.26 Å². The SMILES string of the molecule is CC1CC1CN(C)C1CCCCCC1C#N. The third kappa shape index (κ3) is 2.77. The van der Waals surface area contributed by atoms with Crippen LogP contribution in [0.25, 0.3) is 0 Å². The van der Waals surface area contributed by atoms with Gasteiger partial charge in [-0.3, -0.25) is 0 Å². The molecule has 0 aromatic rings. The van der Waals surface area contributed by atoms with Gasteiger partial charge in [-0.05, 0) is 38.1 Å². The second-order valence-electron chi connectivity index (χ2n) is 5.85. The van der Waals surface area contributed by atoms with Crippen LogP contribution in [-0.4, -0.2) is 24.5 Å². The smallest absolute Gasteiger partial charge is 0.0672 e. The van der Waals surface area contributed by atoms with E-state index in [1.54, 1.807) is 0 Å². The molecule has 0 aromatic heterocycles. The molecule has 2 aliphatic rings. The third-order valence-electron chi connectivity index (χ3n) is 4.51. The molecule has 0 spiro atoms. The number of hydrogen-bond donors (Lipinski definition) is 0. The van der Waals surface area contributed by atoms with E-state index in [4.69, 9.17) is 0 Å². The first-order valence-electron chi connectivity index (χ1n) is 6.82. The van der Waals surface area contributed by atoms with Gasteiger partial charge >= 0.3 is 0 Å². The number of rotatable bonds is 3. The molecule has 0 radical (unpaired) electrons. The van der Waals surface area contributed by atoms with Crippen LogP contribution >= 0.6 is 0 Å². The van der Waals surface area contributed by atoms with E-state index < -0.39 is 0 Å². The molecule has 4 atom stereocenters. The first-order valence-corrected chi connectivity index (χ1v) is 6.82. The molecule has 2 fully saturated rings. The maximum atomic E-state index is 9.26. The lowest BCUT2D eigenvalue weighted by molar-refractivity contribution is 0.181. The average molecular weight is 220 g/mol. The van der Waals surface area contributed by atoms with E-state index in [0.717, 1.165) is 18.3 Å². The Kier molecular flexibility index (Phi) is 3.86. The van der Waals surface area contributed by atoms with E-state index in [0.29, 0.717) is 6.04 Å². The Morgan fingerprint density at radius 1 is 1.25 bits per heavy atom. The van der Waals surface area contributed by atoms with Crippen LogP contribution in [0.5, 0.6) is 0 Å². The predicted octanol–water partition coefficient (Wildman–Crippen LogP) is 3.05. The van der Waals surface area contributed by atoms with E-state index in [1.807, 2.05) is 0 Å². The van der Waals surface area contributed by atoms with Crippen LogP contribution in [0.2, 0.25) is 0 Å². The summed E-state index contributed by atoms with van der Waals surface area (Å²) >= 11 is 0. The van der Waals surface area contributed by atoms with Crippen molar-refractivity contribution in [3.05, 3.63) is 0 Å². The van der Waals surface area contributed by atoms with Crippen molar-refractivity contribution < 1.29 is 0 Å². The summed E-state index contributed by atoms with van der Waals surface area (Å²) < 4.78 is 0. The van der Waals surface area contributed by atoms with Gasteiger partial charge in [-0.2, -0.15) is 5.26 Å². The summed E-state index contributed by atoms with van der Waals surface area (Å²) in [5, 5.41) is 9.26. The molecule has 2 rings (SSSR count). The lowest BCUT2D eigenvalue weighted by Gasteiger charge is -2.30. The Labute approximate surface area is 99.6 Å². The summed E-state index contributed by atoms with van der Waals surface area (Å²) in [6, 6.07) is 3.07. The van der Waals surface area contributed by atoms with Gasteiger partial charge in [-0.1, -0.05) is 26.2 Å². The zero-order valence-corrected chi connectivity index (χ0v) is 10.7. The topological polar surface area (TPSA) is 27.0 Å². The quantitative estimate of drug-likeness (QED) is 0.684. The zero-order chi connectivity index (χ0) is 11.5. The monoisotopic (exact) mass is 220 g/mol. The lowest BCUT2D eigenvalue weighted by atomic mass is 9.95. The van der Waals surface area contributed by atoms with E-state index in [1.165, 1.54) is 38.6 Å². The highest BCUT2D eigenvalue weighted by Crippen LogP contribution is 2.39. The largest absolute Gasteiger partial charge is 0.302 e. The molecule has 0 heterocycles. The van der Waals surface area contributed by atoms with Gasteiger partial charge in [0.15, 0.2) is 0 Å². The third-order valence-corrected chi connectivity index (χ3v) is 4.51. The van der Waals surface area contributed by atoms with Gasteiger partial charge in [-0.15, -0.1) is 0 Å². The summed E-state index contributed by atoms with van der Waals surface area (Å²) in [4.78, 5) is 2.48. The first kappa shape index (κ1) is 11.9. The molecule has 2 saturated carbocycles. The Morgan fingerprint density at radius 2 is 1.94 bits per heavy atom. The maximum Gasteiger partial charge on any atom is 0.0672 e. The van der Waals surface area contributed by atoms with Gasteiger partial charge in [0.2, 0.25) is 0 Å². The molecular weight excluding hydrogens is 196 g/mol. The van der Waals surface area contributed by atoms with Crippen molar-refractivity contribution >= 4 is 0 Å². The first-order chi connectivity index (χ1) is 7.72. The number of hydrogen-bond acceptors (Lipinski definition) is 2. The molecule has 0 aliphatic heterocycles. The Morgan fingerprint density at radius 3 is 2.56 bits per heavy atom. The second-order valence-corrected chi connectivity index (χ2v) is 5.85. The second kappa shape index (κ2) is 5.19. The molecule has 0 aromatic carbocycles. The normalized spacial score (nSPS) is 39.1. The molecule has 0 N–H and O–H groups in total. The van der Waals surface area contributed by atoms with Crippen LogP contribution in [0, 0.1) is 29.1 Å². The fourth-order valence-corrected chi connectivity index (χ4v) is 3.12. The van der Waals surface area contributed by atoms with E-state index in [2.05, 4.69) is 24.9 Å². The Hall–Kier alpha value is -0.550. The molecule has 90 valence electrons. The summed E-state index contributed by atoms with van der Waals surface area (Å²) in [7, 11) is 2.23. The molecule has 2 nitrogen and oxygen atoms in total. The Balaban J connectivity index is 1.90. The standard InChI is InChI=1S/C14H24N2/c1-11-8-13(11)10-16(2)14-7-5-3-4-6-12(14)9-15/h11-14H,3-8,10H2,1-2H3. The van der Waals surface area contributed by atoms with Crippen molar-refractivity contribution in [2.75, 3.05) is 13.6 Å². The van der Waals surface area contributed by atoms with Crippen LogP contribution in [-0.2, 0) is 0 Å². The van der Waals surface area contributed by atoms with Crippen molar-refractivity contribution in [1.82, 2.24) is 4.90 Å². The molecule has 2 heteroatoms. The average Bonchev–Trinajstić information content (AvgIpc) is 3.00. The molecule has 2 aliphatic carbocycles. The highest BCUT2D eigenvalue weighted by Gasteiger charge is 2.36. The highest BCUT2D eigenvalue weighted by atomic mass is 15.1. The molecule has 4 unspecified atom stereocenters.